The first kappa shape index (κ1) is 14.8. The van der Waals surface area contributed by atoms with Crippen LogP contribution in [0.5, 0.6) is 0 Å². The van der Waals surface area contributed by atoms with E-state index in [1.165, 1.54) is 0 Å². The summed E-state index contributed by atoms with van der Waals surface area (Å²) in [7, 11) is 0. The Labute approximate surface area is 109 Å². The lowest BCUT2D eigenvalue weighted by molar-refractivity contribution is -0.148. The molecule has 1 aliphatic heterocycles. The Morgan fingerprint density at radius 1 is 1.29 bits per heavy atom. The number of carbonyl (C=O) groups excluding carboxylic acids is 1. The van der Waals surface area contributed by atoms with Gasteiger partial charge in [-0.25, -0.2) is 0 Å². The number of hydrogen-bond acceptors (Lipinski definition) is 3. The second kappa shape index (κ2) is 6.05. The van der Waals surface area contributed by atoms with E-state index in [1.54, 1.807) is 0 Å². The van der Waals surface area contributed by atoms with E-state index < -0.39 is 4.87 Å². The molecule has 1 aliphatic rings. The summed E-state index contributed by atoms with van der Waals surface area (Å²) < 4.78 is 5.16. The van der Waals surface area contributed by atoms with Crippen LogP contribution in [0.2, 0.25) is 0 Å². The number of carbonyl (C=O) groups is 1. The van der Waals surface area contributed by atoms with Crippen molar-refractivity contribution in [3.63, 3.8) is 0 Å². The standard InChI is InChI=1S/C13H24ClNO2/c1-10(2)15-7-5-13(14,6-8-15)9-12(16)17-11(3)4/h10-11H,5-9H2,1-4H3. The highest BCUT2D eigenvalue weighted by Crippen LogP contribution is 2.33. The van der Waals surface area contributed by atoms with Gasteiger partial charge in [0.25, 0.3) is 0 Å². The van der Waals surface area contributed by atoms with Gasteiger partial charge < -0.3 is 9.64 Å². The van der Waals surface area contributed by atoms with Crippen molar-refractivity contribution in [2.75, 3.05) is 13.1 Å². The first-order chi connectivity index (χ1) is 7.82. The molecule has 4 heteroatoms. The maximum Gasteiger partial charge on any atom is 0.307 e. The van der Waals surface area contributed by atoms with Crippen molar-refractivity contribution in [2.24, 2.45) is 0 Å². The molecule has 0 N–H and O–H groups in total. The van der Waals surface area contributed by atoms with Gasteiger partial charge in [0.05, 0.1) is 17.4 Å². The predicted octanol–water partition coefficient (Wildman–Crippen LogP) is 2.81. The van der Waals surface area contributed by atoms with Gasteiger partial charge in [-0.05, 0) is 40.5 Å². The molecule has 1 saturated heterocycles. The van der Waals surface area contributed by atoms with E-state index in [2.05, 4.69) is 18.7 Å². The number of alkyl halides is 1. The van der Waals surface area contributed by atoms with Crippen LogP contribution in [0.15, 0.2) is 0 Å². The number of piperidine rings is 1. The summed E-state index contributed by atoms with van der Waals surface area (Å²) in [5.41, 5.74) is 0. The average molecular weight is 262 g/mol. The van der Waals surface area contributed by atoms with Crippen LogP contribution in [0, 0.1) is 0 Å². The van der Waals surface area contributed by atoms with E-state index in [9.17, 15) is 4.79 Å². The van der Waals surface area contributed by atoms with Crippen molar-refractivity contribution in [1.82, 2.24) is 4.90 Å². The van der Waals surface area contributed by atoms with E-state index in [1.807, 2.05) is 13.8 Å². The van der Waals surface area contributed by atoms with Gasteiger partial charge in [-0.3, -0.25) is 4.79 Å². The van der Waals surface area contributed by atoms with E-state index in [0.29, 0.717) is 12.5 Å². The molecule has 0 aliphatic carbocycles. The third-order valence-electron chi connectivity index (χ3n) is 3.25. The molecule has 0 bridgehead atoms. The van der Waals surface area contributed by atoms with E-state index in [4.69, 9.17) is 16.3 Å². The monoisotopic (exact) mass is 261 g/mol. The number of rotatable bonds is 4. The summed E-state index contributed by atoms with van der Waals surface area (Å²) in [4.78, 5) is 13.6. The molecule has 0 radical (unpaired) electrons. The average Bonchev–Trinajstić information content (AvgIpc) is 2.15. The second-order valence-electron chi connectivity index (χ2n) is 5.50. The van der Waals surface area contributed by atoms with Crippen LogP contribution in [0.1, 0.15) is 47.0 Å². The Bertz CT molecular complexity index is 258. The fourth-order valence-corrected chi connectivity index (χ4v) is 2.46. The highest BCUT2D eigenvalue weighted by Gasteiger charge is 2.35. The molecule has 100 valence electrons. The Morgan fingerprint density at radius 2 is 1.82 bits per heavy atom. The van der Waals surface area contributed by atoms with Gasteiger partial charge >= 0.3 is 5.97 Å². The number of esters is 1. The predicted molar refractivity (Wildman–Crippen MR) is 70.4 cm³/mol. The Balaban J connectivity index is 2.41. The number of halogens is 1. The fraction of sp³-hybridized carbons (Fsp3) is 0.923. The molecule has 3 nitrogen and oxygen atoms in total. The lowest BCUT2D eigenvalue weighted by Gasteiger charge is -2.39. The van der Waals surface area contributed by atoms with Gasteiger partial charge in [0.2, 0.25) is 0 Å². The third kappa shape index (κ3) is 4.84. The number of ether oxygens (including phenoxy) is 1. The van der Waals surface area contributed by atoms with Crippen LogP contribution in [0.25, 0.3) is 0 Å². The van der Waals surface area contributed by atoms with Gasteiger partial charge in [-0.1, -0.05) is 0 Å². The molecular formula is C13H24ClNO2. The van der Waals surface area contributed by atoms with Gasteiger partial charge in [0.1, 0.15) is 0 Å². The van der Waals surface area contributed by atoms with Crippen molar-refractivity contribution in [2.45, 2.75) is 64.0 Å². The molecule has 17 heavy (non-hydrogen) atoms. The quantitative estimate of drug-likeness (QED) is 0.576. The zero-order valence-corrected chi connectivity index (χ0v) is 12.1. The molecule has 0 aromatic heterocycles. The molecule has 0 spiro atoms. The number of nitrogens with zero attached hydrogens (tertiary/aromatic N) is 1. The maximum absolute atomic E-state index is 11.6. The minimum Gasteiger partial charge on any atom is -0.463 e. The summed E-state index contributed by atoms with van der Waals surface area (Å²) in [6.07, 6.45) is 2.00. The highest BCUT2D eigenvalue weighted by atomic mass is 35.5. The summed E-state index contributed by atoms with van der Waals surface area (Å²) in [5.74, 6) is -0.173. The van der Waals surface area contributed by atoms with Gasteiger partial charge in [0, 0.05) is 19.1 Å². The van der Waals surface area contributed by atoms with Crippen molar-refractivity contribution >= 4 is 17.6 Å². The zero-order valence-electron chi connectivity index (χ0n) is 11.3. The van der Waals surface area contributed by atoms with Crippen LogP contribution < -0.4 is 0 Å². The van der Waals surface area contributed by atoms with E-state index in [-0.39, 0.29) is 12.1 Å². The lowest BCUT2D eigenvalue weighted by atomic mass is 9.92. The van der Waals surface area contributed by atoms with Gasteiger partial charge in [0.15, 0.2) is 0 Å². The molecule has 0 atom stereocenters. The van der Waals surface area contributed by atoms with Crippen LogP contribution >= 0.6 is 11.6 Å². The molecule has 0 aromatic rings. The van der Waals surface area contributed by atoms with Crippen LogP contribution in [-0.2, 0) is 9.53 Å². The molecule has 0 aromatic carbocycles. The Hall–Kier alpha value is -0.280. The Kier molecular flexibility index (Phi) is 5.26. The van der Waals surface area contributed by atoms with Crippen LogP contribution in [0.3, 0.4) is 0 Å². The first-order valence-electron chi connectivity index (χ1n) is 6.45. The minimum absolute atomic E-state index is 0.0569. The number of likely N-dealkylation sites (tertiary alicyclic amines) is 1. The SMILES string of the molecule is CC(C)OC(=O)CC1(Cl)CCN(C(C)C)CC1. The molecule has 1 fully saturated rings. The molecule has 1 heterocycles. The lowest BCUT2D eigenvalue weighted by Crippen LogP contribution is -2.45. The van der Waals surface area contributed by atoms with Crippen molar-refractivity contribution in [1.29, 1.82) is 0 Å². The second-order valence-corrected chi connectivity index (χ2v) is 6.30. The van der Waals surface area contributed by atoms with Crippen molar-refractivity contribution in [3.05, 3.63) is 0 Å². The third-order valence-corrected chi connectivity index (χ3v) is 3.76. The molecular weight excluding hydrogens is 238 g/mol. The van der Waals surface area contributed by atoms with Gasteiger partial charge in [-0.2, -0.15) is 0 Å². The summed E-state index contributed by atoms with van der Waals surface area (Å²) >= 11 is 6.50. The minimum atomic E-state index is -0.392. The van der Waals surface area contributed by atoms with Crippen molar-refractivity contribution in [3.8, 4) is 0 Å². The normalized spacial score (nSPS) is 20.9. The molecule has 0 amide bonds. The van der Waals surface area contributed by atoms with Crippen molar-refractivity contribution < 1.29 is 9.53 Å². The maximum atomic E-state index is 11.6. The zero-order chi connectivity index (χ0) is 13.1. The smallest absolute Gasteiger partial charge is 0.307 e. The van der Waals surface area contributed by atoms with Gasteiger partial charge in [-0.15, -0.1) is 11.6 Å². The Morgan fingerprint density at radius 3 is 2.24 bits per heavy atom. The molecule has 0 saturated carbocycles. The summed E-state index contributed by atoms with van der Waals surface area (Å²) in [6, 6.07) is 0.554. The largest absolute Gasteiger partial charge is 0.463 e. The fourth-order valence-electron chi connectivity index (χ4n) is 2.18. The topological polar surface area (TPSA) is 29.5 Å². The highest BCUT2D eigenvalue weighted by molar-refractivity contribution is 6.25. The van der Waals surface area contributed by atoms with Crippen LogP contribution in [-0.4, -0.2) is 41.0 Å². The summed E-state index contributed by atoms with van der Waals surface area (Å²) in [6.45, 7) is 10.0. The number of hydrogen-bond donors (Lipinski definition) is 0. The summed E-state index contributed by atoms with van der Waals surface area (Å²) in [5, 5.41) is 0. The van der Waals surface area contributed by atoms with E-state index >= 15 is 0 Å². The van der Waals surface area contributed by atoms with E-state index in [0.717, 1.165) is 25.9 Å². The van der Waals surface area contributed by atoms with Crippen LogP contribution in [0.4, 0.5) is 0 Å². The molecule has 1 rings (SSSR count). The first-order valence-corrected chi connectivity index (χ1v) is 6.83. The molecule has 0 unspecified atom stereocenters.